The fourth-order valence-electron chi connectivity index (χ4n) is 2.28. The lowest BCUT2D eigenvalue weighted by molar-refractivity contribution is -0.145. The third kappa shape index (κ3) is 5.85. The fraction of sp³-hybridized carbons (Fsp3) is 0.529. The van der Waals surface area contributed by atoms with Gasteiger partial charge in [-0.05, 0) is 19.0 Å². The molecular weight excluding hydrogens is 280 g/mol. The number of rotatable bonds is 8. The van der Waals surface area contributed by atoms with Gasteiger partial charge in [-0.2, -0.15) is 0 Å². The maximum absolute atomic E-state index is 12.1. The third-order valence-electron chi connectivity index (χ3n) is 3.63. The summed E-state index contributed by atoms with van der Waals surface area (Å²) in [5.74, 6) is -0.545. The minimum absolute atomic E-state index is 0.0366. The highest BCUT2D eigenvalue weighted by Gasteiger charge is 2.19. The summed E-state index contributed by atoms with van der Waals surface area (Å²) in [6.07, 6.45) is 0. The summed E-state index contributed by atoms with van der Waals surface area (Å²) in [7, 11) is 1.38. The number of carbonyl (C=O) groups excluding carboxylic acids is 2. The molecule has 1 rings (SSSR count). The zero-order valence-electron chi connectivity index (χ0n) is 13.8. The first-order valence-corrected chi connectivity index (χ1v) is 7.62. The lowest BCUT2D eigenvalue weighted by Gasteiger charge is -2.23. The molecule has 1 aromatic rings. The van der Waals surface area contributed by atoms with E-state index in [4.69, 9.17) is 4.74 Å². The maximum Gasteiger partial charge on any atom is 0.309 e. The second kappa shape index (κ2) is 9.20. The number of esters is 1. The van der Waals surface area contributed by atoms with Crippen LogP contribution in [0.1, 0.15) is 32.4 Å². The number of ether oxygens (including phenoxy) is 1. The standard InChI is InChI=1S/C17H26N2O3/c1-5-19(11-13(2)17(21)22-4)12-16(20)18-14(3)15-9-7-6-8-10-15/h6-10,13-14H,5,11-12H2,1-4H3,(H,18,20)/t13-,14-/m0/s1. The summed E-state index contributed by atoms with van der Waals surface area (Å²) in [5, 5.41) is 2.98. The molecule has 122 valence electrons. The summed E-state index contributed by atoms with van der Waals surface area (Å²) < 4.78 is 4.72. The molecule has 0 radical (unpaired) electrons. The fourth-order valence-corrected chi connectivity index (χ4v) is 2.28. The quantitative estimate of drug-likeness (QED) is 0.746. The van der Waals surface area contributed by atoms with E-state index in [0.717, 1.165) is 5.56 Å². The summed E-state index contributed by atoms with van der Waals surface area (Å²) >= 11 is 0. The van der Waals surface area contributed by atoms with Crippen LogP contribution in [-0.2, 0) is 14.3 Å². The number of benzene rings is 1. The van der Waals surface area contributed by atoms with Gasteiger partial charge in [-0.15, -0.1) is 0 Å². The molecule has 0 spiro atoms. The molecule has 5 nitrogen and oxygen atoms in total. The molecule has 0 aromatic heterocycles. The number of hydrogen-bond acceptors (Lipinski definition) is 4. The van der Waals surface area contributed by atoms with Crippen molar-refractivity contribution in [2.75, 3.05) is 26.7 Å². The van der Waals surface area contributed by atoms with Crippen molar-refractivity contribution in [3.8, 4) is 0 Å². The molecule has 0 bridgehead atoms. The molecule has 2 atom stereocenters. The molecule has 0 fully saturated rings. The van der Waals surface area contributed by atoms with Crippen LogP contribution >= 0.6 is 0 Å². The van der Waals surface area contributed by atoms with Crippen LogP contribution in [-0.4, -0.2) is 43.5 Å². The van der Waals surface area contributed by atoms with E-state index >= 15 is 0 Å². The predicted octanol–water partition coefficient (Wildman–Crippen LogP) is 1.99. The Morgan fingerprint density at radius 2 is 1.86 bits per heavy atom. The van der Waals surface area contributed by atoms with Gasteiger partial charge in [0.1, 0.15) is 0 Å². The second-order valence-corrected chi connectivity index (χ2v) is 5.45. The van der Waals surface area contributed by atoms with Gasteiger partial charge in [-0.3, -0.25) is 14.5 Å². The Labute approximate surface area is 132 Å². The first-order chi connectivity index (χ1) is 10.5. The Bertz CT molecular complexity index is 476. The highest BCUT2D eigenvalue weighted by Crippen LogP contribution is 2.11. The van der Waals surface area contributed by atoms with Gasteiger partial charge in [0, 0.05) is 6.54 Å². The molecule has 0 saturated heterocycles. The van der Waals surface area contributed by atoms with Crippen molar-refractivity contribution in [2.45, 2.75) is 26.8 Å². The van der Waals surface area contributed by atoms with E-state index in [2.05, 4.69) is 5.32 Å². The van der Waals surface area contributed by atoms with E-state index in [-0.39, 0.29) is 30.4 Å². The van der Waals surface area contributed by atoms with Crippen LogP contribution in [0.2, 0.25) is 0 Å². The van der Waals surface area contributed by atoms with Gasteiger partial charge in [0.25, 0.3) is 0 Å². The van der Waals surface area contributed by atoms with Crippen molar-refractivity contribution in [1.29, 1.82) is 0 Å². The first-order valence-electron chi connectivity index (χ1n) is 7.62. The SMILES string of the molecule is CCN(CC(=O)N[C@@H](C)c1ccccc1)C[C@H](C)C(=O)OC. The van der Waals surface area contributed by atoms with Gasteiger partial charge in [0.15, 0.2) is 0 Å². The molecule has 1 N–H and O–H groups in total. The van der Waals surface area contributed by atoms with Crippen molar-refractivity contribution in [3.05, 3.63) is 35.9 Å². The Hall–Kier alpha value is -1.88. The van der Waals surface area contributed by atoms with Crippen LogP contribution in [0.5, 0.6) is 0 Å². The summed E-state index contributed by atoms with van der Waals surface area (Å²) in [6.45, 7) is 7.22. The van der Waals surface area contributed by atoms with Crippen LogP contribution in [0.25, 0.3) is 0 Å². The first kappa shape index (κ1) is 18.2. The molecule has 0 saturated carbocycles. The maximum atomic E-state index is 12.1. The smallest absolute Gasteiger partial charge is 0.309 e. The molecule has 0 heterocycles. The minimum Gasteiger partial charge on any atom is -0.469 e. The van der Waals surface area contributed by atoms with E-state index in [1.807, 2.05) is 49.1 Å². The van der Waals surface area contributed by atoms with Gasteiger partial charge in [-0.1, -0.05) is 44.2 Å². The zero-order valence-corrected chi connectivity index (χ0v) is 13.8. The molecule has 0 aliphatic rings. The Kier molecular flexibility index (Phi) is 7.60. The van der Waals surface area contributed by atoms with Crippen LogP contribution in [0.15, 0.2) is 30.3 Å². The Balaban J connectivity index is 2.49. The lowest BCUT2D eigenvalue weighted by atomic mass is 10.1. The molecule has 0 aliphatic heterocycles. The largest absolute Gasteiger partial charge is 0.469 e. The molecule has 1 amide bonds. The average Bonchev–Trinajstić information content (AvgIpc) is 2.53. The third-order valence-corrected chi connectivity index (χ3v) is 3.63. The second-order valence-electron chi connectivity index (χ2n) is 5.45. The Morgan fingerprint density at radius 1 is 1.23 bits per heavy atom. The van der Waals surface area contributed by atoms with E-state index in [0.29, 0.717) is 13.1 Å². The number of methoxy groups -OCH3 is 1. The minimum atomic E-state index is -0.253. The van der Waals surface area contributed by atoms with Gasteiger partial charge in [-0.25, -0.2) is 0 Å². The van der Waals surface area contributed by atoms with E-state index < -0.39 is 0 Å². The number of amides is 1. The number of nitrogens with one attached hydrogen (secondary N) is 1. The number of nitrogens with zero attached hydrogens (tertiary/aromatic N) is 1. The highest BCUT2D eigenvalue weighted by molar-refractivity contribution is 5.78. The van der Waals surface area contributed by atoms with Crippen molar-refractivity contribution in [3.63, 3.8) is 0 Å². The summed E-state index contributed by atoms with van der Waals surface area (Å²) in [5.41, 5.74) is 1.07. The van der Waals surface area contributed by atoms with Crippen molar-refractivity contribution in [1.82, 2.24) is 10.2 Å². The van der Waals surface area contributed by atoms with Crippen LogP contribution < -0.4 is 5.32 Å². The lowest BCUT2D eigenvalue weighted by Crippen LogP contribution is -2.41. The van der Waals surface area contributed by atoms with Gasteiger partial charge < -0.3 is 10.1 Å². The van der Waals surface area contributed by atoms with Gasteiger partial charge in [0.2, 0.25) is 5.91 Å². The molecular formula is C17H26N2O3. The molecule has 0 unspecified atom stereocenters. The number of likely N-dealkylation sites (N-methyl/N-ethyl adjacent to an activating group) is 1. The molecule has 5 heteroatoms. The normalized spacial score (nSPS) is 13.5. The number of hydrogen-bond donors (Lipinski definition) is 1. The van der Waals surface area contributed by atoms with Gasteiger partial charge in [0.05, 0.1) is 25.6 Å². The van der Waals surface area contributed by atoms with E-state index in [1.165, 1.54) is 7.11 Å². The van der Waals surface area contributed by atoms with Crippen LogP contribution in [0, 0.1) is 5.92 Å². The summed E-state index contributed by atoms with van der Waals surface area (Å²) in [6, 6.07) is 9.79. The van der Waals surface area contributed by atoms with E-state index in [1.54, 1.807) is 6.92 Å². The zero-order chi connectivity index (χ0) is 16.5. The molecule has 0 aliphatic carbocycles. The van der Waals surface area contributed by atoms with Gasteiger partial charge >= 0.3 is 5.97 Å². The summed E-state index contributed by atoms with van der Waals surface area (Å²) in [4.78, 5) is 25.5. The molecule has 1 aromatic carbocycles. The molecule has 22 heavy (non-hydrogen) atoms. The average molecular weight is 306 g/mol. The predicted molar refractivity (Wildman–Crippen MR) is 86.3 cm³/mol. The topological polar surface area (TPSA) is 58.6 Å². The van der Waals surface area contributed by atoms with Crippen molar-refractivity contribution in [2.24, 2.45) is 5.92 Å². The number of carbonyl (C=O) groups is 2. The monoisotopic (exact) mass is 306 g/mol. The van der Waals surface area contributed by atoms with E-state index in [9.17, 15) is 9.59 Å². The van der Waals surface area contributed by atoms with Crippen molar-refractivity contribution >= 4 is 11.9 Å². The van der Waals surface area contributed by atoms with Crippen molar-refractivity contribution < 1.29 is 14.3 Å². The van der Waals surface area contributed by atoms with Crippen LogP contribution in [0.3, 0.4) is 0 Å². The Morgan fingerprint density at radius 3 is 2.41 bits per heavy atom. The van der Waals surface area contributed by atoms with Crippen LogP contribution in [0.4, 0.5) is 0 Å². The highest BCUT2D eigenvalue weighted by atomic mass is 16.5.